The Bertz CT molecular complexity index is 720. The summed E-state index contributed by atoms with van der Waals surface area (Å²) in [5.74, 6) is 0.698. The average molecular weight is 384 g/mol. The van der Waals surface area contributed by atoms with Gasteiger partial charge in [-0.3, -0.25) is 4.79 Å². The molecule has 0 aromatic heterocycles. The number of hydrogen-bond donors (Lipinski definition) is 0. The van der Waals surface area contributed by atoms with Crippen molar-refractivity contribution < 1.29 is 13.2 Å². The summed E-state index contributed by atoms with van der Waals surface area (Å²) in [5, 5.41) is 0. The van der Waals surface area contributed by atoms with Crippen molar-refractivity contribution in [3.8, 4) is 0 Å². The van der Waals surface area contributed by atoms with E-state index in [-0.39, 0.29) is 29.5 Å². The first-order valence-corrected chi connectivity index (χ1v) is 11.7. The third-order valence-corrected chi connectivity index (χ3v) is 7.97. The number of thioether (sulfide) groups is 1. The van der Waals surface area contributed by atoms with E-state index in [9.17, 15) is 13.2 Å². The van der Waals surface area contributed by atoms with Crippen molar-refractivity contribution in [2.24, 2.45) is 0 Å². The molecule has 0 radical (unpaired) electrons. The maximum atomic E-state index is 12.9. The lowest BCUT2D eigenvalue weighted by Crippen LogP contribution is -2.47. The molecule has 0 aliphatic carbocycles. The zero-order chi connectivity index (χ0) is 18.8. The Labute approximate surface area is 156 Å². The fraction of sp³-hybridized carbons (Fsp3) is 0.632. The average Bonchev–Trinajstić information content (AvgIpc) is 2.85. The van der Waals surface area contributed by atoms with Crippen molar-refractivity contribution in [3.05, 3.63) is 28.8 Å². The fourth-order valence-electron chi connectivity index (χ4n) is 3.60. The van der Waals surface area contributed by atoms with Crippen LogP contribution in [0.2, 0.25) is 0 Å². The quantitative estimate of drug-likeness (QED) is 0.705. The van der Waals surface area contributed by atoms with Gasteiger partial charge in [0.25, 0.3) is 0 Å². The third-order valence-electron chi connectivity index (χ3n) is 4.90. The number of nitrogens with zero attached hydrogens (tertiary/aromatic N) is 1. The molecule has 0 spiro atoms. The van der Waals surface area contributed by atoms with Gasteiger partial charge >= 0.3 is 0 Å². The molecule has 4 nitrogen and oxygen atoms in total. The van der Waals surface area contributed by atoms with Crippen molar-refractivity contribution in [2.75, 3.05) is 17.3 Å². The molecular weight excluding hydrogens is 354 g/mol. The van der Waals surface area contributed by atoms with Crippen molar-refractivity contribution >= 4 is 27.5 Å². The van der Waals surface area contributed by atoms with E-state index in [2.05, 4.69) is 32.9 Å². The van der Waals surface area contributed by atoms with E-state index in [1.165, 1.54) is 16.7 Å². The Kier molecular flexibility index (Phi) is 6.60. The third kappa shape index (κ3) is 5.00. The van der Waals surface area contributed by atoms with E-state index in [0.29, 0.717) is 12.2 Å². The van der Waals surface area contributed by atoms with E-state index >= 15 is 0 Å². The number of sulfone groups is 1. The Hall–Kier alpha value is -1.01. The highest BCUT2D eigenvalue weighted by Gasteiger charge is 2.36. The topological polar surface area (TPSA) is 54.5 Å². The molecule has 0 saturated carbocycles. The van der Waals surface area contributed by atoms with Gasteiger partial charge in [0.1, 0.15) is 0 Å². The second-order valence-corrected chi connectivity index (χ2v) is 10.3. The molecule has 0 N–H and O–H groups in total. The van der Waals surface area contributed by atoms with Gasteiger partial charge in [0.2, 0.25) is 5.91 Å². The molecule has 2 atom stereocenters. The molecule has 1 aliphatic rings. The van der Waals surface area contributed by atoms with Gasteiger partial charge in [0, 0.05) is 17.0 Å². The van der Waals surface area contributed by atoms with Crippen molar-refractivity contribution in [2.45, 2.75) is 64.4 Å². The second-order valence-electron chi connectivity index (χ2n) is 7.13. The van der Waals surface area contributed by atoms with Crippen LogP contribution in [0.5, 0.6) is 0 Å². The molecule has 1 saturated heterocycles. The lowest BCUT2D eigenvalue weighted by atomic mass is 10.1. The highest BCUT2D eigenvalue weighted by Crippen LogP contribution is 2.29. The summed E-state index contributed by atoms with van der Waals surface area (Å²) in [6.45, 7) is 10.3. The van der Waals surface area contributed by atoms with Gasteiger partial charge in [-0.15, -0.1) is 11.8 Å². The summed E-state index contributed by atoms with van der Waals surface area (Å²) >= 11 is 1.56. The highest BCUT2D eigenvalue weighted by atomic mass is 32.2. The molecule has 2 rings (SSSR count). The predicted octanol–water partition coefficient (Wildman–Crippen LogP) is 3.52. The summed E-state index contributed by atoms with van der Waals surface area (Å²) < 4.78 is 23.7. The number of rotatable bonds is 6. The van der Waals surface area contributed by atoms with Crippen molar-refractivity contribution in [1.82, 2.24) is 4.90 Å². The number of carbonyl (C=O) groups excluding carboxylic acids is 1. The molecule has 1 heterocycles. The van der Waals surface area contributed by atoms with Crippen LogP contribution in [0.3, 0.4) is 0 Å². The number of carbonyl (C=O) groups is 1. The first-order chi connectivity index (χ1) is 11.6. The maximum absolute atomic E-state index is 12.9. The van der Waals surface area contributed by atoms with Crippen molar-refractivity contribution in [3.63, 3.8) is 0 Å². The molecule has 2 unspecified atom stereocenters. The molecule has 6 heteroatoms. The minimum atomic E-state index is -3.00. The summed E-state index contributed by atoms with van der Waals surface area (Å²) in [4.78, 5) is 15.9. The summed E-state index contributed by atoms with van der Waals surface area (Å²) in [6.07, 6.45) is 1.39. The zero-order valence-electron chi connectivity index (χ0n) is 15.8. The van der Waals surface area contributed by atoms with Crippen LogP contribution in [0, 0.1) is 20.8 Å². The fourth-order valence-corrected chi connectivity index (χ4v) is 6.31. The Morgan fingerprint density at radius 1 is 1.28 bits per heavy atom. The van der Waals surface area contributed by atoms with Crippen LogP contribution in [0.4, 0.5) is 0 Å². The van der Waals surface area contributed by atoms with Gasteiger partial charge in [-0.25, -0.2) is 8.42 Å². The lowest BCUT2D eigenvalue weighted by molar-refractivity contribution is -0.132. The zero-order valence-corrected chi connectivity index (χ0v) is 17.5. The van der Waals surface area contributed by atoms with Crippen LogP contribution in [0.25, 0.3) is 0 Å². The molecular formula is C19H29NO3S2. The van der Waals surface area contributed by atoms with Gasteiger partial charge in [-0.1, -0.05) is 24.6 Å². The minimum absolute atomic E-state index is 0.0424. The van der Waals surface area contributed by atoms with E-state index in [4.69, 9.17) is 0 Å². The molecule has 1 aromatic carbocycles. The molecule has 1 aliphatic heterocycles. The number of amides is 1. The van der Waals surface area contributed by atoms with Gasteiger partial charge in [0.05, 0.1) is 17.3 Å². The molecule has 1 amide bonds. The second kappa shape index (κ2) is 8.12. The van der Waals surface area contributed by atoms with E-state index < -0.39 is 9.84 Å². The lowest BCUT2D eigenvalue weighted by Gasteiger charge is -2.33. The van der Waals surface area contributed by atoms with Crippen molar-refractivity contribution in [1.29, 1.82) is 0 Å². The van der Waals surface area contributed by atoms with E-state index in [1.807, 2.05) is 18.7 Å². The first kappa shape index (κ1) is 20.3. The number of benzene rings is 1. The van der Waals surface area contributed by atoms with Crippen LogP contribution in [0.15, 0.2) is 17.0 Å². The monoisotopic (exact) mass is 383 g/mol. The molecule has 1 fully saturated rings. The van der Waals surface area contributed by atoms with E-state index in [1.54, 1.807) is 11.8 Å². The summed E-state index contributed by atoms with van der Waals surface area (Å²) in [5.41, 5.74) is 3.60. The Balaban J connectivity index is 2.13. The van der Waals surface area contributed by atoms with Gasteiger partial charge in [-0.2, -0.15) is 0 Å². The van der Waals surface area contributed by atoms with Crippen LogP contribution < -0.4 is 0 Å². The number of hydrogen-bond acceptors (Lipinski definition) is 4. The van der Waals surface area contributed by atoms with E-state index in [0.717, 1.165) is 11.3 Å². The Morgan fingerprint density at radius 2 is 1.88 bits per heavy atom. The van der Waals surface area contributed by atoms with Crippen LogP contribution >= 0.6 is 11.8 Å². The molecule has 140 valence electrons. The highest BCUT2D eigenvalue weighted by molar-refractivity contribution is 8.00. The summed E-state index contributed by atoms with van der Waals surface area (Å²) in [7, 11) is -3.00. The minimum Gasteiger partial charge on any atom is -0.335 e. The van der Waals surface area contributed by atoms with Gasteiger partial charge in [-0.05, 0) is 51.7 Å². The molecule has 25 heavy (non-hydrogen) atoms. The molecule has 0 bridgehead atoms. The smallest absolute Gasteiger partial charge is 0.233 e. The molecule has 1 aromatic rings. The normalized spacial score (nSPS) is 20.4. The maximum Gasteiger partial charge on any atom is 0.233 e. The Morgan fingerprint density at radius 3 is 2.36 bits per heavy atom. The van der Waals surface area contributed by atoms with Gasteiger partial charge < -0.3 is 4.90 Å². The largest absolute Gasteiger partial charge is 0.335 e. The SMILES string of the molecule is CCC(C)N(C(=O)CSc1c(C)cc(C)cc1C)C1CCS(=O)(=O)C1. The summed E-state index contributed by atoms with van der Waals surface area (Å²) in [6, 6.07) is 4.16. The van der Waals surface area contributed by atoms with Crippen LogP contribution in [0.1, 0.15) is 43.4 Å². The van der Waals surface area contributed by atoms with Gasteiger partial charge in [0.15, 0.2) is 9.84 Å². The number of aryl methyl sites for hydroxylation is 3. The van der Waals surface area contributed by atoms with Crippen LogP contribution in [-0.4, -0.2) is 48.6 Å². The predicted molar refractivity (Wildman–Crippen MR) is 105 cm³/mol. The van der Waals surface area contributed by atoms with Crippen LogP contribution in [-0.2, 0) is 14.6 Å². The first-order valence-electron chi connectivity index (χ1n) is 8.87. The standard InChI is InChI=1S/C19H29NO3S2/c1-6-16(5)20(17-7-8-25(22,23)12-17)18(21)11-24-19-14(3)9-13(2)10-15(19)4/h9-10,16-17H,6-8,11-12H2,1-5H3.